The number of halogens is 2. The van der Waals surface area contributed by atoms with E-state index in [0.29, 0.717) is 23.9 Å². The van der Waals surface area contributed by atoms with Crippen molar-refractivity contribution in [1.29, 1.82) is 0 Å². The van der Waals surface area contributed by atoms with Crippen LogP contribution in [0.15, 0.2) is 12.1 Å². The van der Waals surface area contributed by atoms with Gasteiger partial charge < -0.3 is 10.6 Å². The van der Waals surface area contributed by atoms with Crippen molar-refractivity contribution in [3.8, 4) is 0 Å². The Morgan fingerprint density at radius 3 is 2.70 bits per heavy atom. The number of hydrogen-bond donors (Lipinski definition) is 2. The third kappa shape index (κ3) is 2.22. The summed E-state index contributed by atoms with van der Waals surface area (Å²) in [7, 11) is 0. The topological polar surface area (TPSA) is 41.1 Å². The molecule has 1 heterocycles. The fraction of sp³-hybridized carbons (Fsp3) is 0.611. The number of anilines is 1. The SMILES string of the molecule is Cl.O=C(Nc1ccc2c(c1F)CCNC2)C1C2C3CCC(C3)C12. The smallest absolute Gasteiger partial charge is 0.228 e. The number of carbonyl (C=O) groups is 1. The van der Waals surface area contributed by atoms with Crippen molar-refractivity contribution in [2.24, 2.45) is 29.6 Å². The molecule has 2 N–H and O–H groups in total. The third-order valence-corrected chi connectivity index (χ3v) is 6.50. The molecule has 4 unspecified atom stereocenters. The van der Waals surface area contributed by atoms with E-state index in [1.54, 1.807) is 6.07 Å². The van der Waals surface area contributed by atoms with Crippen molar-refractivity contribution in [2.75, 3.05) is 11.9 Å². The number of nitrogens with one attached hydrogen (secondary N) is 2. The van der Waals surface area contributed by atoms with Crippen molar-refractivity contribution < 1.29 is 9.18 Å². The van der Waals surface area contributed by atoms with Crippen LogP contribution >= 0.6 is 12.4 Å². The van der Waals surface area contributed by atoms with Gasteiger partial charge in [-0.25, -0.2) is 4.39 Å². The van der Waals surface area contributed by atoms with E-state index in [4.69, 9.17) is 0 Å². The maximum atomic E-state index is 14.6. The molecule has 1 aliphatic heterocycles. The lowest BCUT2D eigenvalue weighted by Gasteiger charge is -2.19. The Balaban J connectivity index is 0.00000135. The van der Waals surface area contributed by atoms with Crippen LogP contribution < -0.4 is 10.6 Å². The summed E-state index contributed by atoms with van der Waals surface area (Å²) in [6.07, 6.45) is 4.63. The van der Waals surface area contributed by atoms with E-state index in [-0.39, 0.29) is 30.0 Å². The Morgan fingerprint density at radius 1 is 1.22 bits per heavy atom. The predicted octanol–water partition coefficient (Wildman–Crippen LogP) is 3.12. The average molecular weight is 337 g/mol. The molecule has 5 heteroatoms. The molecule has 3 aliphatic carbocycles. The summed E-state index contributed by atoms with van der Waals surface area (Å²) in [5, 5.41) is 6.13. The highest BCUT2D eigenvalue weighted by atomic mass is 35.5. The number of amides is 1. The highest BCUT2D eigenvalue weighted by Crippen LogP contribution is 2.69. The molecule has 0 radical (unpaired) electrons. The Hall–Kier alpha value is -1.13. The molecule has 1 aromatic rings. The molecule has 23 heavy (non-hydrogen) atoms. The molecule has 1 aromatic carbocycles. The van der Waals surface area contributed by atoms with Crippen LogP contribution in [0.5, 0.6) is 0 Å². The average Bonchev–Trinajstić information content (AvgIpc) is 2.99. The Kier molecular flexibility index (Phi) is 3.65. The van der Waals surface area contributed by atoms with Gasteiger partial charge in [0.15, 0.2) is 0 Å². The molecule has 4 atom stereocenters. The quantitative estimate of drug-likeness (QED) is 0.871. The van der Waals surface area contributed by atoms with Crippen molar-refractivity contribution in [1.82, 2.24) is 5.32 Å². The van der Waals surface area contributed by atoms with E-state index in [2.05, 4.69) is 10.6 Å². The summed E-state index contributed by atoms with van der Waals surface area (Å²) < 4.78 is 14.6. The lowest BCUT2D eigenvalue weighted by Crippen LogP contribution is -2.25. The van der Waals surface area contributed by atoms with Crippen LogP contribution in [0.4, 0.5) is 10.1 Å². The second-order valence-corrected chi connectivity index (χ2v) is 7.49. The second-order valence-electron chi connectivity index (χ2n) is 7.49. The molecule has 3 saturated carbocycles. The lowest BCUT2D eigenvalue weighted by molar-refractivity contribution is -0.118. The molecule has 5 rings (SSSR count). The molecule has 2 bridgehead atoms. The van der Waals surface area contributed by atoms with Crippen molar-refractivity contribution >= 4 is 24.0 Å². The molecule has 0 spiro atoms. The summed E-state index contributed by atoms with van der Waals surface area (Å²) in [4.78, 5) is 12.5. The first-order valence-electron chi connectivity index (χ1n) is 8.56. The molecule has 1 amide bonds. The zero-order valence-electron chi connectivity index (χ0n) is 13.0. The monoisotopic (exact) mass is 336 g/mol. The molecule has 124 valence electrons. The fourth-order valence-electron chi connectivity index (χ4n) is 5.52. The highest BCUT2D eigenvalue weighted by Gasteiger charge is 2.67. The van der Waals surface area contributed by atoms with Crippen molar-refractivity contribution in [2.45, 2.75) is 32.2 Å². The van der Waals surface area contributed by atoms with Crippen molar-refractivity contribution in [3.63, 3.8) is 0 Å². The number of fused-ring (bicyclic) bond motifs is 6. The molecule has 0 saturated heterocycles. The van der Waals surface area contributed by atoms with Crippen LogP contribution in [0.3, 0.4) is 0 Å². The predicted molar refractivity (Wildman–Crippen MR) is 89.0 cm³/mol. The van der Waals surface area contributed by atoms with Gasteiger partial charge in [-0.3, -0.25) is 4.79 Å². The first-order valence-corrected chi connectivity index (χ1v) is 8.56. The minimum absolute atomic E-state index is 0. The Morgan fingerprint density at radius 2 is 1.96 bits per heavy atom. The number of hydrogen-bond acceptors (Lipinski definition) is 2. The minimum atomic E-state index is -0.221. The maximum Gasteiger partial charge on any atom is 0.228 e. The first kappa shape index (κ1) is 15.4. The van der Waals surface area contributed by atoms with Gasteiger partial charge in [0.1, 0.15) is 5.82 Å². The first-order chi connectivity index (χ1) is 10.7. The Labute approximate surface area is 141 Å². The molecular formula is C18H22ClFN2O. The van der Waals surface area contributed by atoms with Gasteiger partial charge in [0.2, 0.25) is 5.91 Å². The normalized spacial score (nSPS) is 36.0. The molecule has 0 aromatic heterocycles. The lowest BCUT2D eigenvalue weighted by atomic mass is 9.99. The van der Waals surface area contributed by atoms with Crippen LogP contribution in [0, 0.1) is 35.4 Å². The van der Waals surface area contributed by atoms with Gasteiger partial charge in [-0.2, -0.15) is 0 Å². The molecule has 4 aliphatic rings. The van der Waals surface area contributed by atoms with Gasteiger partial charge in [-0.1, -0.05) is 6.07 Å². The molecular weight excluding hydrogens is 315 g/mol. The van der Waals surface area contributed by atoms with Gasteiger partial charge in [0.25, 0.3) is 0 Å². The fourth-order valence-corrected chi connectivity index (χ4v) is 5.52. The van der Waals surface area contributed by atoms with Crippen LogP contribution in [-0.4, -0.2) is 12.5 Å². The van der Waals surface area contributed by atoms with Gasteiger partial charge >= 0.3 is 0 Å². The summed E-state index contributed by atoms with van der Waals surface area (Å²) in [6, 6.07) is 3.67. The number of rotatable bonds is 2. The standard InChI is InChI=1S/C18H21FN2O.ClH/c19-17-12-5-6-20-8-11(12)3-4-13(17)21-18(22)16-14-9-1-2-10(7-9)15(14)16;/h3-4,9-10,14-16,20H,1-2,5-8H2,(H,21,22);1H. The van der Waals surface area contributed by atoms with E-state index in [1.807, 2.05) is 6.07 Å². The maximum absolute atomic E-state index is 14.6. The van der Waals surface area contributed by atoms with Gasteiger partial charge in [-0.05, 0) is 73.1 Å². The zero-order chi connectivity index (χ0) is 14.8. The number of carbonyl (C=O) groups excluding carboxylic acids is 1. The van der Waals surface area contributed by atoms with Crippen molar-refractivity contribution in [3.05, 3.63) is 29.1 Å². The molecule has 3 nitrogen and oxygen atoms in total. The van der Waals surface area contributed by atoms with E-state index in [9.17, 15) is 9.18 Å². The van der Waals surface area contributed by atoms with E-state index < -0.39 is 0 Å². The van der Waals surface area contributed by atoms with Gasteiger partial charge in [0.05, 0.1) is 5.69 Å². The zero-order valence-corrected chi connectivity index (χ0v) is 13.8. The minimum Gasteiger partial charge on any atom is -0.323 e. The molecule has 3 fully saturated rings. The summed E-state index contributed by atoms with van der Waals surface area (Å²) in [6.45, 7) is 1.52. The van der Waals surface area contributed by atoms with Crippen LogP contribution in [0.1, 0.15) is 30.4 Å². The van der Waals surface area contributed by atoms with E-state index in [1.165, 1.54) is 19.3 Å². The van der Waals surface area contributed by atoms with Gasteiger partial charge in [-0.15, -0.1) is 12.4 Å². The van der Waals surface area contributed by atoms with E-state index in [0.717, 1.165) is 36.1 Å². The highest BCUT2D eigenvalue weighted by molar-refractivity contribution is 5.95. The van der Waals surface area contributed by atoms with E-state index >= 15 is 0 Å². The second kappa shape index (κ2) is 5.45. The summed E-state index contributed by atoms with van der Waals surface area (Å²) in [5.41, 5.74) is 2.17. The Bertz CT molecular complexity index is 649. The third-order valence-electron chi connectivity index (χ3n) is 6.50. The summed E-state index contributed by atoms with van der Waals surface area (Å²) in [5.74, 6) is 2.73. The number of benzene rings is 1. The van der Waals surface area contributed by atoms with Crippen LogP contribution in [-0.2, 0) is 17.8 Å². The van der Waals surface area contributed by atoms with Crippen LogP contribution in [0.25, 0.3) is 0 Å². The van der Waals surface area contributed by atoms with Gasteiger partial charge in [0, 0.05) is 12.5 Å². The largest absolute Gasteiger partial charge is 0.323 e. The summed E-state index contributed by atoms with van der Waals surface area (Å²) >= 11 is 0. The van der Waals surface area contributed by atoms with Crippen LogP contribution in [0.2, 0.25) is 0 Å².